The summed E-state index contributed by atoms with van der Waals surface area (Å²) in [5.74, 6) is -0.722. The highest BCUT2D eigenvalue weighted by Crippen LogP contribution is 2.30. The van der Waals surface area contributed by atoms with Gasteiger partial charge in [0, 0.05) is 23.4 Å². The molecule has 1 saturated heterocycles. The van der Waals surface area contributed by atoms with Crippen molar-refractivity contribution in [1.82, 2.24) is 24.8 Å². The van der Waals surface area contributed by atoms with E-state index in [2.05, 4.69) is 15.4 Å². The molecule has 1 aliphatic heterocycles. The van der Waals surface area contributed by atoms with Crippen LogP contribution in [0, 0.1) is 5.82 Å². The van der Waals surface area contributed by atoms with Gasteiger partial charge >= 0.3 is 0 Å². The number of nitrogens with one attached hydrogen (secondary N) is 1. The molecular formula is C33H27F3N6O2. The van der Waals surface area contributed by atoms with Crippen molar-refractivity contribution in [2.75, 3.05) is 18.8 Å². The lowest BCUT2D eigenvalue weighted by Crippen LogP contribution is -2.29. The summed E-state index contributed by atoms with van der Waals surface area (Å²) in [6, 6.07) is 21.9. The van der Waals surface area contributed by atoms with Gasteiger partial charge in [0.05, 0.1) is 36.5 Å². The Morgan fingerprint density at radius 2 is 1.61 bits per heavy atom. The molecule has 1 aliphatic rings. The molecule has 0 bridgehead atoms. The van der Waals surface area contributed by atoms with Crippen molar-refractivity contribution < 1.29 is 22.8 Å². The summed E-state index contributed by atoms with van der Waals surface area (Å²) in [5, 5.41) is 7.51. The Morgan fingerprint density at radius 1 is 0.909 bits per heavy atom. The number of nitrogens with zero attached hydrogens (tertiary/aromatic N) is 4. The molecular weight excluding hydrogens is 569 g/mol. The smallest absolute Gasteiger partial charge is 0.254 e. The molecule has 2 aromatic carbocycles. The van der Waals surface area contributed by atoms with Crippen molar-refractivity contribution >= 4 is 29.2 Å². The van der Waals surface area contributed by atoms with Crippen molar-refractivity contribution in [3.05, 3.63) is 114 Å². The van der Waals surface area contributed by atoms with Gasteiger partial charge in [-0.3, -0.25) is 9.59 Å². The van der Waals surface area contributed by atoms with E-state index in [-0.39, 0.29) is 31.4 Å². The Balaban J connectivity index is 1.26. The fourth-order valence-corrected chi connectivity index (χ4v) is 5.03. The minimum atomic E-state index is -1.67. The number of nitrogen functional groups attached to an aromatic ring is 1. The summed E-state index contributed by atoms with van der Waals surface area (Å²) in [4.78, 5) is 30.4. The van der Waals surface area contributed by atoms with E-state index >= 15 is 0 Å². The Morgan fingerprint density at radius 3 is 2.30 bits per heavy atom. The number of fused-ring (bicyclic) bond motifs is 1. The first-order valence-electron chi connectivity index (χ1n) is 13.9. The lowest BCUT2D eigenvalue weighted by atomic mass is 10.0. The van der Waals surface area contributed by atoms with E-state index in [1.165, 1.54) is 23.1 Å². The van der Waals surface area contributed by atoms with E-state index in [0.29, 0.717) is 22.8 Å². The summed E-state index contributed by atoms with van der Waals surface area (Å²) in [5.41, 5.74) is 11.0. The van der Waals surface area contributed by atoms with Gasteiger partial charge in [-0.1, -0.05) is 12.1 Å². The van der Waals surface area contributed by atoms with Crippen LogP contribution in [0.3, 0.4) is 0 Å². The standard InChI is InChI=1S/C33H27F3N6O2/c34-25-9-7-22(8-10-25)30-14-24(21-3-5-23(6-4-21)33(44)41-18-28(35)29(36)19-41)13-27-15-26(40-42(27)30)17-39-32(43)12-2-20-1-11-31(37)38-16-20/h1-16,28-29H,17-19H2,(H2,37,38)(H,39,43)/b12-2+/t28-,29-/m1/s1. The van der Waals surface area contributed by atoms with Crippen molar-refractivity contribution in [3.63, 3.8) is 0 Å². The van der Waals surface area contributed by atoms with Gasteiger partial charge in [-0.25, -0.2) is 22.7 Å². The van der Waals surface area contributed by atoms with Crippen LogP contribution in [0.1, 0.15) is 21.6 Å². The molecule has 0 unspecified atom stereocenters. The third-order valence-corrected chi connectivity index (χ3v) is 7.37. The predicted molar refractivity (Wildman–Crippen MR) is 161 cm³/mol. The molecule has 0 saturated carbocycles. The molecule has 0 spiro atoms. The molecule has 44 heavy (non-hydrogen) atoms. The first-order chi connectivity index (χ1) is 21.2. The Kier molecular flexibility index (Phi) is 7.84. The Bertz CT molecular complexity index is 1840. The molecule has 5 aromatic rings. The number of nitrogens with two attached hydrogens (primary N) is 1. The SMILES string of the molecule is Nc1ccc(/C=C/C(=O)NCc2cc3cc(-c4ccc(C(=O)N5C[C@@H](F)[C@H](F)C5)cc4)cc(-c4ccc(F)cc4)n3n2)cn1. The molecule has 0 aliphatic carbocycles. The van der Waals surface area contributed by atoms with Crippen LogP contribution in [-0.4, -0.2) is 56.7 Å². The molecule has 6 rings (SSSR count). The topological polar surface area (TPSA) is 106 Å². The maximum atomic E-state index is 13.7. The number of pyridine rings is 2. The lowest BCUT2D eigenvalue weighted by Gasteiger charge is -2.15. The molecule has 4 heterocycles. The van der Waals surface area contributed by atoms with Crippen LogP contribution in [0.5, 0.6) is 0 Å². The summed E-state index contributed by atoms with van der Waals surface area (Å²) >= 11 is 0. The molecule has 2 amide bonds. The third kappa shape index (κ3) is 6.17. The molecule has 2 atom stereocenters. The number of carbonyl (C=O) groups is 2. The second-order valence-corrected chi connectivity index (χ2v) is 10.5. The van der Waals surface area contributed by atoms with Gasteiger partial charge in [0.1, 0.15) is 11.6 Å². The second kappa shape index (κ2) is 12.0. The zero-order valence-corrected chi connectivity index (χ0v) is 23.3. The lowest BCUT2D eigenvalue weighted by molar-refractivity contribution is -0.116. The number of halogens is 3. The number of aromatic nitrogens is 3. The van der Waals surface area contributed by atoms with Gasteiger partial charge in [-0.2, -0.15) is 5.10 Å². The Hall–Kier alpha value is -5.45. The first kappa shape index (κ1) is 28.7. The Labute approximate surface area is 250 Å². The number of likely N-dealkylation sites (tertiary alicyclic amines) is 1. The van der Waals surface area contributed by atoms with E-state index in [4.69, 9.17) is 5.73 Å². The largest absolute Gasteiger partial charge is 0.384 e. The summed E-state index contributed by atoms with van der Waals surface area (Å²) in [7, 11) is 0. The third-order valence-electron chi connectivity index (χ3n) is 7.37. The van der Waals surface area contributed by atoms with Gasteiger partial charge in [0.15, 0.2) is 12.3 Å². The monoisotopic (exact) mass is 596 g/mol. The summed E-state index contributed by atoms with van der Waals surface area (Å²) in [6.45, 7) is -0.366. The van der Waals surface area contributed by atoms with Crippen molar-refractivity contribution in [2.24, 2.45) is 0 Å². The van der Waals surface area contributed by atoms with Gasteiger partial charge < -0.3 is 16.0 Å². The average molecular weight is 597 g/mol. The molecule has 8 nitrogen and oxygen atoms in total. The highest BCUT2D eigenvalue weighted by molar-refractivity contribution is 5.95. The van der Waals surface area contributed by atoms with Crippen LogP contribution in [0.25, 0.3) is 34.0 Å². The number of alkyl halides is 2. The minimum Gasteiger partial charge on any atom is -0.384 e. The van der Waals surface area contributed by atoms with Gasteiger partial charge in [-0.15, -0.1) is 0 Å². The number of rotatable bonds is 7. The zero-order valence-electron chi connectivity index (χ0n) is 23.3. The van der Waals surface area contributed by atoms with Crippen molar-refractivity contribution in [2.45, 2.75) is 18.9 Å². The van der Waals surface area contributed by atoms with E-state index < -0.39 is 18.3 Å². The fraction of sp³-hybridized carbons (Fsp3) is 0.152. The molecule has 3 N–H and O–H groups in total. The van der Waals surface area contributed by atoms with Crippen molar-refractivity contribution in [1.29, 1.82) is 0 Å². The van der Waals surface area contributed by atoms with Crippen LogP contribution in [0.2, 0.25) is 0 Å². The van der Waals surface area contributed by atoms with Gasteiger partial charge in [0.2, 0.25) is 5.91 Å². The van der Waals surface area contributed by atoms with E-state index in [9.17, 15) is 22.8 Å². The van der Waals surface area contributed by atoms with Crippen LogP contribution in [0.4, 0.5) is 19.0 Å². The van der Waals surface area contributed by atoms with E-state index in [0.717, 1.165) is 27.8 Å². The molecule has 0 radical (unpaired) electrons. The highest BCUT2D eigenvalue weighted by Gasteiger charge is 2.35. The number of hydrogen-bond acceptors (Lipinski definition) is 5. The predicted octanol–water partition coefficient (Wildman–Crippen LogP) is 5.25. The molecule has 3 aromatic heterocycles. The first-order valence-corrected chi connectivity index (χ1v) is 13.9. The maximum absolute atomic E-state index is 13.7. The van der Waals surface area contributed by atoms with Gasteiger partial charge in [-0.05, 0) is 89.5 Å². The molecule has 11 heteroatoms. The fourth-order valence-electron chi connectivity index (χ4n) is 5.03. The number of carbonyl (C=O) groups excluding carboxylic acids is 2. The average Bonchev–Trinajstić information content (AvgIpc) is 3.61. The second-order valence-electron chi connectivity index (χ2n) is 10.5. The van der Waals surface area contributed by atoms with Crippen LogP contribution < -0.4 is 11.1 Å². The number of amides is 2. The normalized spacial score (nSPS) is 16.6. The molecule has 222 valence electrons. The zero-order chi connectivity index (χ0) is 30.8. The summed E-state index contributed by atoms with van der Waals surface area (Å²) < 4.78 is 42.7. The number of anilines is 1. The van der Waals surface area contributed by atoms with Gasteiger partial charge in [0.25, 0.3) is 5.91 Å². The minimum absolute atomic E-state index is 0.163. The van der Waals surface area contributed by atoms with Crippen LogP contribution in [-0.2, 0) is 11.3 Å². The quantitative estimate of drug-likeness (QED) is 0.250. The van der Waals surface area contributed by atoms with Crippen LogP contribution in [0.15, 0.2) is 91.1 Å². The molecule has 1 fully saturated rings. The van der Waals surface area contributed by atoms with Crippen molar-refractivity contribution in [3.8, 4) is 22.4 Å². The van der Waals surface area contributed by atoms with Crippen LogP contribution >= 0.6 is 0 Å². The highest BCUT2D eigenvalue weighted by atomic mass is 19.2. The van der Waals surface area contributed by atoms with E-state index in [1.54, 1.807) is 65.3 Å². The van der Waals surface area contributed by atoms with E-state index in [1.807, 2.05) is 18.2 Å². The number of benzene rings is 2. The summed E-state index contributed by atoms with van der Waals surface area (Å²) in [6.07, 6.45) is 1.24. The number of hydrogen-bond donors (Lipinski definition) is 2. The maximum Gasteiger partial charge on any atom is 0.254 e.